The van der Waals surface area contributed by atoms with Crippen molar-refractivity contribution in [3.05, 3.63) is 33.8 Å². The van der Waals surface area contributed by atoms with Crippen LogP contribution in [0.4, 0.5) is 0 Å². The van der Waals surface area contributed by atoms with E-state index < -0.39 is 0 Å². The van der Waals surface area contributed by atoms with Gasteiger partial charge in [0.2, 0.25) is 0 Å². The molecular weight excluding hydrogens is 241 g/mol. The van der Waals surface area contributed by atoms with Gasteiger partial charge in [0, 0.05) is 16.1 Å². The van der Waals surface area contributed by atoms with Crippen LogP contribution >= 0.6 is 23.2 Å². The summed E-state index contributed by atoms with van der Waals surface area (Å²) in [5.41, 5.74) is 1.16. The Balaban J connectivity index is 2.46. The predicted molar refractivity (Wildman–Crippen MR) is 72.5 cm³/mol. The van der Waals surface area contributed by atoms with Crippen LogP contribution in [0.1, 0.15) is 32.3 Å². The minimum Gasteiger partial charge on any atom is -0.314 e. The molecule has 16 heavy (non-hydrogen) atoms. The fourth-order valence-corrected chi connectivity index (χ4v) is 2.10. The van der Waals surface area contributed by atoms with E-state index in [0.717, 1.165) is 23.6 Å². The zero-order valence-electron chi connectivity index (χ0n) is 9.89. The molecule has 0 aliphatic rings. The van der Waals surface area contributed by atoms with Crippen LogP contribution < -0.4 is 5.32 Å². The van der Waals surface area contributed by atoms with E-state index in [2.05, 4.69) is 19.2 Å². The number of unbranched alkanes of at least 4 members (excludes halogenated alkanes) is 1. The van der Waals surface area contributed by atoms with E-state index >= 15 is 0 Å². The number of benzene rings is 1. The smallest absolute Gasteiger partial charge is 0.0453 e. The largest absolute Gasteiger partial charge is 0.314 e. The molecule has 0 spiro atoms. The molecule has 1 aromatic carbocycles. The average Bonchev–Trinajstić information content (AvgIpc) is 2.23. The second kappa shape index (κ2) is 7.16. The Morgan fingerprint density at radius 1 is 1.31 bits per heavy atom. The lowest BCUT2D eigenvalue weighted by molar-refractivity contribution is 0.531. The molecule has 0 aromatic heterocycles. The van der Waals surface area contributed by atoms with Crippen LogP contribution in [0.2, 0.25) is 10.0 Å². The maximum Gasteiger partial charge on any atom is 0.0453 e. The van der Waals surface area contributed by atoms with Gasteiger partial charge in [0.1, 0.15) is 0 Å². The molecule has 90 valence electrons. The quantitative estimate of drug-likeness (QED) is 0.751. The lowest BCUT2D eigenvalue weighted by Gasteiger charge is -2.14. The maximum absolute atomic E-state index is 6.12. The van der Waals surface area contributed by atoms with Crippen molar-refractivity contribution in [1.29, 1.82) is 0 Å². The number of nitrogens with one attached hydrogen (secondary N) is 1. The van der Waals surface area contributed by atoms with Crippen molar-refractivity contribution in [1.82, 2.24) is 5.32 Å². The van der Waals surface area contributed by atoms with Crippen LogP contribution in [0, 0.1) is 0 Å². The van der Waals surface area contributed by atoms with Gasteiger partial charge in [-0.25, -0.2) is 0 Å². The summed E-state index contributed by atoms with van der Waals surface area (Å²) in [4.78, 5) is 0. The van der Waals surface area contributed by atoms with Crippen LogP contribution in [0.15, 0.2) is 18.2 Å². The molecule has 1 unspecified atom stereocenters. The third-order valence-electron chi connectivity index (χ3n) is 2.56. The molecule has 0 saturated heterocycles. The predicted octanol–water partition coefficient (Wildman–Crippen LogP) is 4.31. The van der Waals surface area contributed by atoms with Crippen molar-refractivity contribution in [3.63, 3.8) is 0 Å². The van der Waals surface area contributed by atoms with Gasteiger partial charge >= 0.3 is 0 Å². The Morgan fingerprint density at radius 3 is 2.69 bits per heavy atom. The molecule has 1 N–H and O–H groups in total. The van der Waals surface area contributed by atoms with Gasteiger partial charge in [0.15, 0.2) is 0 Å². The summed E-state index contributed by atoms with van der Waals surface area (Å²) in [6, 6.07) is 6.15. The van der Waals surface area contributed by atoms with E-state index in [1.807, 2.05) is 12.1 Å². The van der Waals surface area contributed by atoms with Gasteiger partial charge in [-0.1, -0.05) is 42.6 Å². The van der Waals surface area contributed by atoms with Crippen molar-refractivity contribution < 1.29 is 0 Å². The molecule has 1 rings (SSSR count). The van der Waals surface area contributed by atoms with E-state index in [-0.39, 0.29) is 0 Å². The first kappa shape index (κ1) is 13.8. The Hall–Kier alpha value is -0.240. The van der Waals surface area contributed by atoms with Crippen molar-refractivity contribution in [2.24, 2.45) is 0 Å². The summed E-state index contributed by atoms with van der Waals surface area (Å²) >= 11 is 12.0. The molecule has 1 aromatic rings. The van der Waals surface area contributed by atoms with Gasteiger partial charge in [-0.3, -0.25) is 0 Å². The molecule has 0 fully saturated rings. The first-order valence-electron chi connectivity index (χ1n) is 5.80. The maximum atomic E-state index is 6.12. The van der Waals surface area contributed by atoms with Crippen molar-refractivity contribution >= 4 is 23.2 Å². The van der Waals surface area contributed by atoms with Crippen molar-refractivity contribution in [3.8, 4) is 0 Å². The SMILES string of the molecule is CCCCNC(C)Cc1ccc(Cl)cc1Cl. The minimum absolute atomic E-state index is 0.449. The summed E-state index contributed by atoms with van der Waals surface area (Å²) in [6.07, 6.45) is 3.39. The van der Waals surface area contributed by atoms with Crippen LogP contribution in [0.5, 0.6) is 0 Å². The Bertz CT molecular complexity index is 326. The summed E-state index contributed by atoms with van der Waals surface area (Å²) in [7, 11) is 0. The van der Waals surface area contributed by atoms with Gasteiger partial charge in [0.25, 0.3) is 0 Å². The van der Waals surface area contributed by atoms with E-state index in [1.54, 1.807) is 6.07 Å². The molecular formula is C13H19Cl2N. The standard InChI is InChI=1S/C13H19Cl2N/c1-3-4-7-16-10(2)8-11-5-6-12(14)9-13(11)15/h5-6,9-10,16H,3-4,7-8H2,1-2H3. The summed E-state index contributed by atoms with van der Waals surface area (Å²) < 4.78 is 0. The van der Waals surface area contributed by atoms with Crippen LogP contribution in [-0.4, -0.2) is 12.6 Å². The van der Waals surface area contributed by atoms with Crippen molar-refractivity contribution in [2.45, 2.75) is 39.2 Å². The Morgan fingerprint density at radius 2 is 2.06 bits per heavy atom. The lowest BCUT2D eigenvalue weighted by Crippen LogP contribution is -2.28. The van der Waals surface area contributed by atoms with Gasteiger partial charge < -0.3 is 5.32 Å². The molecule has 1 atom stereocenters. The second-order valence-electron chi connectivity index (χ2n) is 4.15. The molecule has 0 bridgehead atoms. The lowest BCUT2D eigenvalue weighted by atomic mass is 10.1. The highest BCUT2D eigenvalue weighted by Gasteiger charge is 2.06. The zero-order valence-corrected chi connectivity index (χ0v) is 11.4. The minimum atomic E-state index is 0.449. The number of rotatable bonds is 6. The molecule has 0 saturated carbocycles. The first-order valence-corrected chi connectivity index (χ1v) is 6.56. The van der Waals surface area contributed by atoms with Gasteiger partial charge in [-0.15, -0.1) is 0 Å². The average molecular weight is 260 g/mol. The summed E-state index contributed by atoms with van der Waals surface area (Å²) in [5.74, 6) is 0. The normalized spacial score (nSPS) is 12.8. The number of hydrogen-bond acceptors (Lipinski definition) is 1. The zero-order chi connectivity index (χ0) is 12.0. The van der Waals surface area contributed by atoms with E-state index in [9.17, 15) is 0 Å². The molecule has 3 heteroatoms. The third kappa shape index (κ3) is 4.73. The van der Waals surface area contributed by atoms with Crippen molar-refractivity contribution in [2.75, 3.05) is 6.54 Å². The second-order valence-corrected chi connectivity index (χ2v) is 4.99. The first-order chi connectivity index (χ1) is 7.63. The molecule has 0 aliphatic heterocycles. The van der Waals surface area contributed by atoms with Crippen LogP contribution in [0.25, 0.3) is 0 Å². The highest BCUT2D eigenvalue weighted by atomic mass is 35.5. The molecule has 0 amide bonds. The molecule has 0 heterocycles. The highest BCUT2D eigenvalue weighted by molar-refractivity contribution is 6.35. The van der Waals surface area contributed by atoms with Gasteiger partial charge in [-0.05, 0) is 44.0 Å². The number of hydrogen-bond donors (Lipinski definition) is 1. The molecule has 0 radical (unpaired) electrons. The van der Waals surface area contributed by atoms with E-state index in [4.69, 9.17) is 23.2 Å². The van der Waals surface area contributed by atoms with E-state index in [1.165, 1.54) is 12.8 Å². The summed E-state index contributed by atoms with van der Waals surface area (Å²) in [6.45, 7) is 5.45. The van der Waals surface area contributed by atoms with Crippen LogP contribution in [0.3, 0.4) is 0 Å². The Labute approximate surface area is 108 Å². The van der Waals surface area contributed by atoms with Gasteiger partial charge in [0.05, 0.1) is 0 Å². The number of halogens is 2. The topological polar surface area (TPSA) is 12.0 Å². The van der Waals surface area contributed by atoms with E-state index in [0.29, 0.717) is 11.1 Å². The fraction of sp³-hybridized carbons (Fsp3) is 0.538. The summed E-state index contributed by atoms with van der Waals surface area (Å²) in [5, 5.41) is 4.94. The third-order valence-corrected chi connectivity index (χ3v) is 3.15. The monoisotopic (exact) mass is 259 g/mol. The van der Waals surface area contributed by atoms with Crippen LogP contribution in [-0.2, 0) is 6.42 Å². The van der Waals surface area contributed by atoms with Gasteiger partial charge in [-0.2, -0.15) is 0 Å². The Kier molecular flexibility index (Phi) is 6.18. The molecule has 0 aliphatic carbocycles. The highest BCUT2D eigenvalue weighted by Crippen LogP contribution is 2.22. The molecule has 1 nitrogen and oxygen atoms in total. The fourth-order valence-electron chi connectivity index (χ4n) is 1.61.